The molecule has 1 aliphatic rings. The Hall–Kier alpha value is -1.11. The summed E-state index contributed by atoms with van der Waals surface area (Å²) >= 11 is -2.36. The molecular weight excluding hydrogens is 266 g/mol. The van der Waals surface area contributed by atoms with Gasteiger partial charge in [-0.3, -0.25) is 4.21 Å². The zero-order chi connectivity index (χ0) is 13.9. The van der Waals surface area contributed by atoms with Gasteiger partial charge < -0.3 is 18.7 Å². The maximum absolute atomic E-state index is 10.8. The molecule has 1 N–H and O–H groups in total. The highest BCUT2D eigenvalue weighted by Crippen LogP contribution is 2.37. The molecule has 1 aliphatic heterocycles. The van der Waals surface area contributed by atoms with E-state index in [-0.39, 0.29) is 5.41 Å². The van der Waals surface area contributed by atoms with Crippen LogP contribution in [0, 0.1) is 0 Å². The lowest BCUT2D eigenvalue weighted by molar-refractivity contribution is 0.0564. The van der Waals surface area contributed by atoms with E-state index in [2.05, 4.69) is 11.6 Å². The maximum Gasteiger partial charge on any atom is 0.142 e. The molecule has 5 nitrogen and oxygen atoms in total. The molecule has 106 valence electrons. The zero-order valence-corrected chi connectivity index (χ0v) is 11.9. The Kier molecular flexibility index (Phi) is 4.44. The molecule has 1 atom stereocenters. The highest BCUT2D eigenvalue weighted by molar-refractivity contribution is 7.80. The van der Waals surface area contributed by atoms with Crippen molar-refractivity contribution >= 4 is 17.0 Å². The Bertz CT molecular complexity index is 472. The molecule has 1 aromatic rings. The van der Waals surface area contributed by atoms with Crippen LogP contribution in [0.15, 0.2) is 18.2 Å². The van der Waals surface area contributed by atoms with E-state index in [0.29, 0.717) is 11.4 Å². The summed E-state index contributed by atoms with van der Waals surface area (Å²) in [5.74, 6) is 0.517. The predicted octanol–water partition coefficient (Wildman–Crippen LogP) is 1.97. The first-order chi connectivity index (χ1) is 9.05. The second kappa shape index (κ2) is 5.90. The van der Waals surface area contributed by atoms with Crippen molar-refractivity contribution in [3.05, 3.63) is 23.8 Å². The molecule has 0 spiro atoms. The van der Waals surface area contributed by atoms with Gasteiger partial charge in [0.05, 0.1) is 12.8 Å². The summed E-state index contributed by atoms with van der Waals surface area (Å²) in [6, 6.07) is 5.63. The molecule has 0 aromatic heterocycles. The van der Waals surface area contributed by atoms with Gasteiger partial charge in [0.25, 0.3) is 0 Å². The number of anilines is 1. The van der Waals surface area contributed by atoms with Gasteiger partial charge in [-0.2, -0.15) is 0 Å². The SMILES string of the molecule is COc1ccc(C2(C)CCOCC2)cc1NS(=O)[O-]. The standard InChI is InChI=1S/C13H19NO4S/c1-13(5-7-18-8-6-13)10-3-4-12(17-2)11(9-10)14-19(15)16/h3-4,9,14H,5-8H2,1-2H3,(H,15,16)/p-1. The van der Waals surface area contributed by atoms with Gasteiger partial charge >= 0.3 is 0 Å². The largest absolute Gasteiger partial charge is 0.755 e. The summed E-state index contributed by atoms with van der Waals surface area (Å²) in [6.07, 6.45) is 1.86. The van der Waals surface area contributed by atoms with Gasteiger partial charge in [-0.15, -0.1) is 0 Å². The zero-order valence-electron chi connectivity index (χ0n) is 11.1. The van der Waals surface area contributed by atoms with Gasteiger partial charge in [0.15, 0.2) is 0 Å². The maximum atomic E-state index is 10.8. The lowest BCUT2D eigenvalue weighted by Crippen LogP contribution is -2.30. The molecule has 19 heavy (non-hydrogen) atoms. The highest BCUT2D eigenvalue weighted by atomic mass is 32.2. The van der Waals surface area contributed by atoms with E-state index in [1.807, 2.05) is 12.1 Å². The molecule has 0 saturated carbocycles. The summed E-state index contributed by atoms with van der Waals surface area (Å²) < 4.78 is 34.6. The van der Waals surface area contributed by atoms with Gasteiger partial charge in [-0.25, -0.2) is 0 Å². The van der Waals surface area contributed by atoms with Crippen molar-refractivity contribution in [3.8, 4) is 5.75 Å². The Morgan fingerprint density at radius 3 is 2.68 bits per heavy atom. The third-order valence-corrected chi connectivity index (χ3v) is 4.07. The van der Waals surface area contributed by atoms with Crippen molar-refractivity contribution in [2.24, 2.45) is 0 Å². The number of benzene rings is 1. The Labute approximate surface area is 115 Å². The highest BCUT2D eigenvalue weighted by Gasteiger charge is 2.29. The Morgan fingerprint density at radius 1 is 1.42 bits per heavy atom. The van der Waals surface area contributed by atoms with Gasteiger partial charge in [-0.1, -0.05) is 13.0 Å². The van der Waals surface area contributed by atoms with E-state index in [1.165, 1.54) is 7.11 Å². The van der Waals surface area contributed by atoms with Crippen molar-refractivity contribution in [3.63, 3.8) is 0 Å². The molecule has 0 bridgehead atoms. The summed E-state index contributed by atoms with van der Waals surface area (Å²) in [4.78, 5) is 0. The van der Waals surface area contributed by atoms with Crippen LogP contribution in [0.3, 0.4) is 0 Å². The van der Waals surface area contributed by atoms with Crippen LogP contribution < -0.4 is 9.46 Å². The van der Waals surface area contributed by atoms with Gasteiger partial charge in [0.1, 0.15) is 5.75 Å². The number of hydrogen-bond donors (Lipinski definition) is 1. The van der Waals surface area contributed by atoms with Crippen LogP contribution in [0.1, 0.15) is 25.3 Å². The van der Waals surface area contributed by atoms with Crippen LogP contribution in [0.2, 0.25) is 0 Å². The lowest BCUT2D eigenvalue weighted by Gasteiger charge is -2.34. The summed E-state index contributed by atoms with van der Waals surface area (Å²) in [5.41, 5.74) is 1.59. The average molecular weight is 284 g/mol. The third-order valence-electron chi connectivity index (χ3n) is 3.69. The number of hydrogen-bond acceptors (Lipinski definition) is 4. The minimum atomic E-state index is -2.36. The normalized spacial score (nSPS) is 19.7. The summed E-state index contributed by atoms with van der Waals surface area (Å²) in [5, 5.41) is 0. The van der Waals surface area contributed by atoms with Gasteiger partial charge in [0, 0.05) is 24.5 Å². The van der Waals surface area contributed by atoms with E-state index in [4.69, 9.17) is 9.47 Å². The van der Waals surface area contributed by atoms with Crippen LogP contribution in [0.25, 0.3) is 0 Å². The van der Waals surface area contributed by atoms with Crippen molar-refractivity contribution in [2.45, 2.75) is 25.2 Å². The molecule has 1 unspecified atom stereocenters. The van der Waals surface area contributed by atoms with Crippen LogP contribution in [-0.4, -0.2) is 29.1 Å². The van der Waals surface area contributed by atoms with Crippen molar-refractivity contribution in [2.75, 3.05) is 25.0 Å². The number of methoxy groups -OCH3 is 1. The average Bonchev–Trinajstić information content (AvgIpc) is 2.39. The fraction of sp³-hybridized carbons (Fsp3) is 0.538. The number of ether oxygens (including phenoxy) is 2. The lowest BCUT2D eigenvalue weighted by atomic mass is 9.76. The van der Waals surface area contributed by atoms with Crippen LogP contribution in [0.5, 0.6) is 5.75 Å². The summed E-state index contributed by atoms with van der Waals surface area (Å²) in [6.45, 7) is 3.65. The fourth-order valence-electron chi connectivity index (χ4n) is 2.36. The van der Waals surface area contributed by atoms with E-state index in [1.54, 1.807) is 6.07 Å². The Morgan fingerprint density at radius 2 is 2.11 bits per heavy atom. The van der Waals surface area contributed by atoms with E-state index in [9.17, 15) is 8.76 Å². The molecule has 0 aliphatic carbocycles. The monoisotopic (exact) mass is 284 g/mol. The molecule has 1 saturated heterocycles. The minimum Gasteiger partial charge on any atom is -0.755 e. The molecule has 1 heterocycles. The molecule has 2 rings (SSSR count). The van der Waals surface area contributed by atoms with E-state index in [0.717, 1.165) is 31.6 Å². The van der Waals surface area contributed by atoms with Crippen molar-refractivity contribution in [1.29, 1.82) is 0 Å². The third kappa shape index (κ3) is 3.26. The first-order valence-corrected chi connectivity index (χ1v) is 7.25. The van der Waals surface area contributed by atoms with E-state index >= 15 is 0 Å². The van der Waals surface area contributed by atoms with E-state index < -0.39 is 11.3 Å². The second-order valence-corrected chi connectivity index (χ2v) is 5.60. The van der Waals surface area contributed by atoms with Gasteiger partial charge in [0.2, 0.25) is 0 Å². The molecule has 1 aromatic carbocycles. The number of rotatable bonds is 4. The minimum absolute atomic E-state index is 0.0192. The second-order valence-electron chi connectivity index (χ2n) is 4.92. The van der Waals surface area contributed by atoms with Crippen LogP contribution in [0.4, 0.5) is 5.69 Å². The molecule has 0 amide bonds. The Balaban J connectivity index is 2.33. The van der Waals surface area contributed by atoms with Gasteiger partial charge in [-0.05, 0) is 36.0 Å². The first-order valence-electron chi connectivity index (χ1n) is 6.17. The van der Waals surface area contributed by atoms with Crippen LogP contribution >= 0.6 is 0 Å². The molecule has 0 radical (unpaired) electrons. The smallest absolute Gasteiger partial charge is 0.142 e. The molecule has 6 heteroatoms. The summed E-state index contributed by atoms with van der Waals surface area (Å²) in [7, 11) is 1.52. The van der Waals surface area contributed by atoms with Crippen molar-refractivity contribution < 1.29 is 18.2 Å². The quantitative estimate of drug-likeness (QED) is 0.858. The fourth-order valence-corrected chi connectivity index (χ4v) is 2.70. The number of nitrogens with one attached hydrogen (secondary N) is 1. The first kappa shape index (κ1) is 14.3. The molecule has 1 fully saturated rings. The topological polar surface area (TPSA) is 70.6 Å². The predicted molar refractivity (Wildman–Crippen MR) is 72.9 cm³/mol. The van der Waals surface area contributed by atoms with Crippen molar-refractivity contribution in [1.82, 2.24) is 0 Å². The molecular formula is C13H18NO4S-. The van der Waals surface area contributed by atoms with Crippen LogP contribution in [-0.2, 0) is 21.4 Å².